The standard InChI is InChI=1S/C20H17NO4S.C8H19N/c22-20(21-18-8-4-5-9-19(18)26(23,24)25)14-15-10-12-17(13-11-15)16-6-2-1-3-7-16;1-6-9(7(2)3)8(4)5/h1-13H,14H2,(H,21,22)(H,23,24,25);7-8H,6H2,1-5H3. The molecule has 0 aliphatic heterocycles. The van der Waals surface area contributed by atoms with Crippen LogP contribution in [0.25, 0.3) is 11.1 Å². The van der Waals surface area contributed by atoms with Gasteiger partial charge in [-0.1, -0.05) is 66.7 Å². The molecule has 0 atom stereocenters. The summed E-state index contributed by atoms with van der Waals surface area (Å²) >= 11 is 0. The lowest BCUT2D eigenvalue weighted by atomic mass is 10.0. The summed E-state index contributed by atoms with van der Waals surface area (Å²) in [6.07, 6.45) is 0.0717. The lowest BCUT2D eigenvalue weighted by Crippen LogP contribution is -3.17. The van der Waals surface area contributed by atoms with Crippen LogP contribution in [0.5, 0.6) is 0 Å². The molecule has 188 valence electrons. The summed E-state index contributed by atoms with van der Waals surface area (Å²) < 4.78 is 33.8. The molecule has 0 unspecified atom stereocenters. The maximum absolute atomic E-state index is 12.2. The molecule has 0 spiro atoms. The van der Waals surface area contributed by atoms with Crippen molar-refractivity contribution in [1.29, 1.82) is 0 Å². The van der Waals surface area contributed by atoms with Crippen molar-refractivity contribution in [2.75, 3.05) is 11.9 Å². The van der Waals surface area contributed by atoms with E-state index in [1.165, 1.54) is 24.7 Å². The number of carbonyl (C=O) groups excluding carboxylic acids is 1. The zero-order valence-electron chi connectivity index (χ0n) is 21.1. The van der Waals surface area contributed by atoms with E-state index < -0.39 is 20.9 Å². The first-order chi connectivity index (χ1) is 16.5. The Morgan fingerprint density at radius 2 is 1.34 bits per heavy atom. The molecule has 2 N–H and O–H groups in total. The molecule has 35 heavy (non-hydrogen) atoms. The van der Waals surface area contributed by atoms with Crippen LogP contribution in [0.15, 0.2) is 83.8 Å². The fourth-order valence-corrected chi connectivity index (χ4v) is 4.73. The number of anilines is 1. The Morgan fingerprint density at radius 1 is 0.829 bits per heavy atom. The SMILES string of the molecule is CC[NH+](C(C)C)C(C)C.O=C(Cc1ccc(-c2ccccc2)cc1)Nc1ccccc1S(=O)(=O)[O-]. The topological polar surface area (TPSA) is 90.7 Å². The van der Waals surface area contributed by atoms with Gasteiger partial charge in [-0.2, -0.15) is 0 Å². The fraction of sp³-hybridized carbons (Fsp3) is 0.321. The van der Waals surface area contributed by atoms with Crippen molar-refractivity contribution >= 4 is 21.7 Å². The molecule has 0 aliphatic rings. The van der Waals surface area contributed by atoms with Crippen LogP contribution in [0.4, 0.5) is 5.69 Å². The summed E-state index contributed by atoms with van der Waals surface area (Å²) in [5.74, 6) is -0.395. The highest BCUT2D eigenvalue weighted by molar-refractivity contribution is 7.86. The number of para-hydroxylation sites is 1. The van der Waals surface area contributed by atoms with Gasteiger partial charge in [0.25, 0.3) is 0 Å². The summed E-state index contributed by atoms with van der Waals surface area (Å²) in [6, 6.07) is 24.5. The Labute approximate surface area is 209 Å². The van der Waals surface area contributed by atoms with Gasteiger partial charge in [-0.05, 0) is 63.4 Å². The summed E-state index contributed by atoms with van der Waals surface area (Å²) in [5, 5.41) is 2.49. The molecule has 3 rings (SSSR count). The second-order valence-electron chi connectivity index (χ2n) is 8.98. The van der Waals surface area contributed by atoms with Crippen LogP contribution in [0, 0.1) is 0 Å². The predicted octanol–water partition coefficient (Wildman–Crippen LogP) is 4.15. The number of hydrogen-bond donors (Lipinski definition) is 2. The quantitative estimate of drug-likeness (QED) is 0.459. The zero-order valence-corrected chi connectivity index (χ0v) is 21.9. The zero-order chi connectivity index (χ0) is 26.0. The lowest BCUT2D eigenvalue weighted by Gasteiger charge is -2.25. The van der Waals surface area contributed by atoms with Crippen LogP contribution in [-0.4, -0.2) is 37.5 Å². The Bertz CT molecular complexity index is 1170. The van der Waals surface area contributed by atoms with E-state index in [1.54, 1.807) is 11.0 Å². The maximum atomic E-state index is 12.2. The van der Waals surface area contributed by atoms with Crippen molar-refractivity contribution in [3.05, 3.63) is 84.4 Å². The molecule has 3 aromatic rings. The number of hydrogen-bond acceptors (Lipinski definition) is 4. The molecular formula is C28H36N2O4S. The minimum atomic E-state index is -4.65. The van der Waals surface area contributed by atoms with Crippen LogP contribution < -0.4 is 10.2 Å². The van der Waals surface area contributed by atoms with Crippen molar-refractivity contribution in [3.8, 4) is 11.1 Å². The third-order valence-corrected chi connectivity index (χ3v) is 6.64. The Hall–Kier alpha value is -3.00. The highest BCUT2D eigenvalue weighted by Crippen LogP contribution is 2.22. The normalized spacial score (nSPS) is 11.3. The second kappa shape index (κ2) is 13.2. The molecule has 7 heteroatoms. The van der Waals surface area contributed by atoms with E-state index in [0.29, 0.717) is 0 Å². The average Bonchev–Trinajstić information content (AvgIpc) is 2.80. The first-order valence-electron chi connectivity index (χ1n) is 11.9. The molecule has 0 heterocycles. The van der Waals surface area contributed by atoms with Crippen molar-refractivity contribution < 1.29 is 22.7 Å². The number of carbonyl (C=O) groups is 1. The summed E-state index contributed by atoms with van der Waals surface area (Å²) in [5.41, 5.74) is 2.90. The monoisotopic (exact) mass is 496 g/mol. The van der Waals surface area contributed by atoms with Gasteiger partial charge in [-0.15, -0.1) is 0 Å². The molecule has 0 radical (unpaired) electrons. The molecule has 0 aromatic heterocycles. The van der Waals surface area contributed by atoms with Crippen LogP contribution in [0.3, 0.4) is 0 Å². The van der Waals surface area contributed by atoms with Gasteiger partial charge in [0.2, 0.25) is 5.91 Å². The lowest BCUT2D eigenvalue weighted by molar-refractivity contribution is -0.940. The minimum absolute atomic E-state index is 0.00611. The van der Waals surface area contributed by atoms with Crippen LogP contribution in [0.2, 0.25) is 0 Å². The van der Waals surface area contributed by atoms with Gasteiger partial charge in [0.1, 0.15) is 10.1 Å². The Balaban J connectivity index is 0.000000410. The van der Waals surface area contributed by atoms with E-state index in [9.17, 15) is 17.8 Å². The first kappa shape index (κ1) is 28.2. The van der Waals surface area contributed by atoms with Gasteiger partial charge >= 0.3 is 0 Å². The van der Waals surface area contributed by atoms with Gasteiger partial charge in [0, 0.05) is 0 Å². The Kier molecular flexibility index (Phi) is 10.6. The van der Waals surface area contributed by atoms with E-state index >= 15 is 0 Å². The molecule has 6 nitrogen and oxygen atoms in total. The van der Waals surface area contributed by atoms with E-state index in [2.05, 4.69) is 39.9 Å². The van der Waals surface area contributed by atoms with Crippen molar-refractivity contribution in [2.45, 2.75) is 58.0 Å². The van der Waals surface area contributed by atoms with Gasteiger partial charge < -0.3 is 14.8 Å². The largest absolute Gasteiger partial charge is 0.744 e. The van der Waals surface area contributed by atoms with E-state index in [-0.39, 0.29) is 12.1 Å². The number of rotatable bonds is 8. The minimum Gasteiger partial charge on any atom is -0.744 e. The third-order valence-electron chi connectivity index (χ3n) is 5.75. The average molecular weight is 497 g/mol. The molecule has 0 fully saturated rings. The smallest absolute Gasteiger partial charge is 0.228 e. The fourth-order valence-electron chi connectivity index (χ4n) is 4.10. The van der Waals surface area contributed by atoms with Gasteiger partial charge in [0.15, 0.2) is 0 Å². The van der Waals surface area contributed by atoms with Gasteiger partial charge in [-0.25, -0.2) is 8.42 Å². The molecule has 1 amide bonds. The predicted molar refractivity (Wildman–Crippen MR) is 140 cm³/mol. The molecular weight excluding hydrogens is 460 g/mol. The maximum Gasteiger partial charge on any atom is 0.228 e. The highest BCUT2D eigenvalue weighted by atomic mass is 32.2. The number of amides is 1. The summed E-state index contributed by atoms with van der Waals surface area (Å²) in [7, 11) is -4.65. The third kappa shape index (κ3) is 8.94. The molecule has 3 aromatic carbocycles. The van der Waals surface area contributed by atoms with Crippen molar-refractivity contribution in [3.63, 3.8) is 0 Å². The van der Waals surface area contributed by atoms with E-state index in [1.807, 2.05) is 54.6 Å². The number of nitrogens with one attached hydrogen (secondary N) is 2. The molecule has 0 saturated heterocycles. The second-order valence-corrected chi connectivity index (χ2v) is 10.3. The first-order valence-corrected chi connectivity index (χ1v) is 13.3. The molecule has 0 aliphatic carbocycles. The van der Waals surface area contributed by atoms with Gasteiger partial charge in [-0.3, -0.25) is 4.79 Å². The van der Waals surface area contributed by atoms with Crippen LogP contribution in [-0.2, 0) is 21.3 Å². The van der Waals surface area contributed by atoms with Gasteiger partial charge in [0.05, 0.1) is 35.6 Å². The number of benzene rings is 3. The van der Waals surface area contributed by atoms with E-state index in [0.717, 1.165) is 28.8 Å². The molecule has 0 bridgehead atoms. The highest BCUT2D eigenvalue weighted by Gasteiger charge is 2.13. The van der Waals surface area contributed by atoms with E-state index in [4.69, 9.17) is 0 Å². The van der Waals surface area contributed by atoms with Crippen LogP contribution in [0.1, 0.15) is 40.2 Å². The van der Waals surface area contributed by atoms with Crippen LogP contribution >= 0.6 is 0 Å². The summed E-state index contributed by atoms with van der Waals surface area (Å²) in [4.78, 5) is 13.5. The molecule has 0 saturated carbocycles. The van der Waals surface area contributed by atoms with Crippen molar-refractivity contribution in [1.82, 2.24) is 0 Å². The Morgan fingerprint density at radius 3 is 1.83 bits per heavy atom. The summed E-state index contributed by atoms with van der Waals surface area (Å²) in [6.45, 7) is 12.6. The number of quaternary nitrogens is 1. The van der Waals surface area contributed by atoms with Crippen molar-refractivity contribution in [2.24, 2.45) is 0 Å².